The summed E-state index contributed by atoms with van der Waals surface area (Å²) in [4.78, 5) is 29.0. The molecule has 49 heavy (non-hydrogen) atoms. The number of anilines is 3. The molecule has 2 aromatic heterocycles. The van der Waals surface area contributed by atoms with Gasteiger partial charge >= 0.3 is 6.09 Å². The zero-order chi connectivity index (χ0) is 36.4. The van der Waals surface area contributed by atoms with Crippen LogP contribution in [0.4, 0.5) is 22.1 Å². The maximum absolute atomic E-state index is 13.6. The van der Waals surface area contributed by atoms with Crippen LogP contribution in [0, 0.1) is 11.3 Å². The van der Waals surface area contributed by atoms with Crippen molar-refractivity contribution in [3.05, 3.63) is 52.3 Å². The second-order valence-corrected chi connectivity index (χ2v) is 20.4. The van der Waals surface area contributed by atoms with Crippen LogP contribution in [-0.4, -0.2) is 68.9 Å². The second-order valence-electron chi connectivity index (χ2n) is 15.2. The van der Waals surface area contributed by atoms with E-state index in [0.29, 0.717) is 76.9 Å². The summed E-state index contributed by atoms with van der Waals surface area (Å²) in [7, 11) is 1.04. The van der Waals surface area contributed by atoms with Gasteiger partial charge in [0.05, 0.1) is 34.8 Å². The molecule has 0 saturated carbocycles. The van der Waals surface area contributed by atoms with Crippen molar-refractivity contribution in [3.63, 3.8) is 0 Å². The third kappa shape index (κ3) is 8.70. The highest BCUT2D eigenvalue weighted by atomic mass is 35.5. The van der Waals surface area contributed by atoms with E-state index < -0.39 is 25.4 Å². The lowest BCUT2D eigenvalue weighted by Gasteiger charge is -2.39. The average Bonchev–Trinajstić information content (AvgIpc) is 3.32. The fourth-order valence-electron chi connectivity index (χ4n) is 5.30. The molecule has 1 atom stereocenters. The van der Waals surface area contributed by atoms with Crippen LogP contribution in [0.3, 0.4) is 0 Å². The number of carbonyl (C=O) groups is 1. The second kappa shape index (κ2) is 14.6. The number of halogens is 1. The number of carbonyl (C=O) groups excluding carboxylic acids is 1. The zero-order valence-corrected chi connectivity index (χ0v) is 32.3. The van der Waals surface area contributed by atoms with E-state index in [0.717, 1.165) is 12.0 Å². The summed E-state index contributed by atoms with van der Waals surface area (Å²) in [6.07, 6.45) is 2.54. The van der Waals surface area contributed by atoms with E-state index in [4.69, 9.17) is 35.2 Å². The van der Waals surface area contributed by atoms with E-state index in [2.05, 4.69) is 62.1 Å². The van der Waals surface area contributed by atoms with Crippen LogP contribution in [0.15, 0.2) is 30.5 Å². The molecule has 0 saturated heterocycles. The van der Waals surface area contributed by atoms with Crippen molar-refractivity contribution in [3.8, 4) is 23.2 Å². The van der Waals surface area contributed by atoms with Gasteiger partial charge in [-0.2, -0.15) is 5.26 Å². The number of hydrogen-bond donors (Lipinski definition) is 1. The van der Waals surface area contributed by atoms with Gasteiger partial charge in [0.1, 0.15) is 17.4 Å². The molecule has 4 rings (SSSR count). The van der Waals surface area contributed by atoms with Gasteiger partial charge in [0, 0.05) is 44.0 Å². The largest absolute Gasteiger partial charge is 0.480 e. The third-order valence-electron chi connectivity index (χ3n) is 9.00. The van der Waals surface area contributed by atoms with E-state index in [1.54, 1.807) is 36.4 Å². The van der Waals surface area contributed by atoms with E-state index in [-0.39, 0.29) is 5.04 Å². The van der Waals surface area contributed by atoms with Gasteiger partial charge in [-0.3, -0.25) is 4.90 Å². The maximum Gasteiger partial charge on any atom is 0.414 e. The minimum atomic E-state index is -2.16. The lowest BCUT2D eigenvalue weighted by Crippen LogP contribution is -2.46. The van der Waals surface area contributed by atoms with E-state index in [1.165, 1.54) is 7.11 Å². The molecule has 0 bridgehead atoms. The van der Waals surface area contributed by atoms with Gasteiger partial charge in [0.2, 0.25) is 11.8 Å². The SMILES string of the molecule is COCCCc1nc(OC)c(Nc2nccc(-c3cc(C#N)c4c(c3)[C@](C)(CO[Si](C)(C)C(C)(C)C)CN4C(=O)OC(C)(C)C)n2)cc1Cl. The molecular weight excluding hydrogens is 660 g/mol. The van der Waals surface area contributed by atoms with Crippen LogP contribution in [-0.2, 0) is 25.7 Å². The van der Waals surface area contributed by atoms with E-state index in [1.807, 2.05) is 26.8 Å². The number of ether oxygens (including phenoxy) is 3. The van der Waals surface area contributed by atoms with Gasteiger partial charge < -0.3 is 24.0 Å². The number of benzene rings is 1. The number of methoxy groups -OCH3 is 2. The highest BCUT2D eigenvalue weighted by Crippen LogP contribution is 2.47. The first-order valence-corrected chi connectivity index (χ1v) is 19.7. The molecule has 3 aromatic rings. The number of aryl methyl sites for hydroxylation is 1. The molecule has 264 valence electrons. The summed E-state index contributed by atoms with van der Waals surface area (Å²) < 4.78 is 23.3. The van der Waals surface area contributed by atoms with Crippen LogP contribution in [0.5, 0.6) is 5.88 Å². The maximum atomic E-state index is 13.6. The minimum absolute atomic E-state index is 0.00751. The van der Waals surface area contributed by atoms with Crippen LogP contribution in [0.1, 0.15) is 71.7 Å². The molecule has 1 N–H and O–H groups in total. The molecular formula is C36H49ClN6O5Si. The highest BCUT2D eigenvalue weighted by molar-refractivity contribution is 6.74. The van der Waals surface area contributed by atoms with Gasteiger partial charge in [0.25, 0.3) is 0 Å². The number of pyridine rings is 1. The Bertz CT molecular complexity index is 1730. The summed E-state index contributed by atoms with van der Waals surface area (Å²) in [6.45, 7) is 19.8. The van der Waals surface area contributed by atoms with Crippen molar-refractivity contribution in [2.45, 2.75) is 90.5 Å². The lowest BCUT2D eigenvalue weighted by atomic mass is 9.83. The van der Waals surface area contributed by atoms with Crippen LogP contribution in [0.25, 0.3) is 11.3 Å². The molecule has 13 heteroatoms. The Morgan fingerprint density at radius 3 is 2.47 bits per heavy atom. The number of amides is 1. The molecule has 1 amide bonds. The molecule has 0 unspecified atom stereocenters. The third-order valence-corrected chi connectivity index (χ3v) is 13.8. The van der Waals surface area contributed by atoms with Crippen molar-refractivity contribution in [1.82, 2.24) is 15.0 Å². The predicted octanol–water partition coefficient (Wildman–Crippen LogP) is 8.43. The molecule has 1 aromatic carbocycles. The van der Waals surface area contributed by atoms with Crippen molar-refractivity contribution in [2.75, 3.05) is 44.2 Å². The number of nitrogens with one attached hydrogen (secondary N) is 1. The van der Waals surface area contributed by atoms with Crippen LogP contribution in [0.2, 0.25) is 23.2 Å². The Kier molecular flexibility index (Phi) is 11.3. The average molecular weight is 709 g/mol. The molecule has 0 fully saturated rings. The standard InChI is InChI=1S/C36H49ClN6O5Si/c1-34(2,3)48-33(44)43-21-36(7,22-47-49(10,11)35(4,5)6)25-18-23(17-24(20-38)30(25)43)27-14-15-39-32(41-27)42-29-19-26(37)28(13-12-16-45-8)40-31(29)46-9/h14-15,17-19H,12-13,16,21-22H2,1-11H3,(H,39,41,42)/t36-/m0/s1. The van der Waals surface area contributed by atoms with E-state index in [9.17, 15) is 10.1 Å². The number of fused-ring (bicyclic) bond motifs is 1. The highest BCUT2D eigenvalue weighted by Gasteiger charge is 2.47. The Labute approximate surface area is 296 Å². The lowest BCUT2D eigenvalue weighted by molar-refractivity contribution is 0.0575. The predicted molar refractivity (Wildman–Crippen MR) is 196 cm³/mol. The Morgan fingerprint density at radius 1 is 1.14 bits per heavy atom. The van der Waals surface area contributed by atoms with Crippen molar-refractivity contribution >= 4 is 43.3 Å². The van der Waals surface area contributed by atoms with E-state index >= 15 is 0 Å². The molecule has 1 aliphatic rings. The molecule has 3 heterocycles. The van der Waals surface area contributed by atoms with Gasteiger partial charge in [-0.25, -0.2) is 19.7 Å². The molecule has 0 aliphatic carbocycles. The Hall–Kier alpha value is -3.76. The summed E-state index contributed by atoms with van der Waals surface area (Å²) in [5.41, 5.74) is 2.84. The first-order valence-electron chi connectivity index (χ1n) is 16.4. The number of nitriles is 1. The fourth-order valence-corrected chi connectivity index (χ4v) is 6.65. The number of aromatic nitrogens is 3. The van der Waals surface area contributed by atoms with Crippen LogP contribution < -0.4 is 15.0 Å². The molecule has 11 nitrogen and oxygen atoms in total. The summed E-state index contributed by atoms with van der Waals surface area (Å²) in [5.74, 6) is 0.647. The monoisotopic (exact) mass is 708 g/mol. The summed E-state index contributed by atoms with van der Waals surface area (Å²) >= 11 is 6.58. The smallest absolute Gasteiger partial charge is 0.414 e. The van der Waals surface area contributed by atoms with Gasteiger partial charge in [-0.05, 0) is 81.6 Å². The summed E-state index contributed by atoms with van der Waals surface area (Å²) in [6, 6.07) is 9.59. The zero-order valence-electron chi connectivity index (χ0n) is 30.6. The number of rotatable bonds is 11. The van der Waals surface area contributed by atoms with Gasteiger partial charge in [-0.15, -0.1) is 0 Å². The molecule has 0 spiro atoms. The molecule has 1 aliphatic heterocycles. The Morgan fingerprint density at radius 2 is 1.86 bits per heavy atom. The molecule has 0 radical (unpaired) electrons. The van der Waals surface area contributed by atoms with Gasteiger partial charge in [-0.1, -0.05) is 39.3 Å². The number of hydrogen-bond acceptors (Lipinski definition) is 10. The fraction of sp³-hybridized carbons (Fsp3) is 0.528. The summed E-state index contributed by atoms with van der Waals surface area (Å²) in [5, 5.41) is 14.1. The normalized spacial score (nSPS) is 16.3. The van der Waals surface area contributed by atoms with Gasteiger partial charge in [0.15, 0.2) is 8.32 Å². The Balaban J connectivity index is 1.76. The number of nitrogens with zero attached hydrogens (tertiary/aromatic N) is 5. The first-order chi connectivity index (χ1) is 22.8. The van der Waals surface area contributed by atoms with Crippen LogP contribution >= 0.6 is 11.6 Å². The van der Waals surface area contributed by atoms with Crippen molar-refractivity contribution in [1.29, 1.82) is 5.26 Å². The van der Waals surface area contributed by atoms with Crippen molar-refractivity contribution in [2.24, 2.45) is 0 Å². The van der Waals surface area contributed by atoms with Crippen molar-refractivity contribution < 1.29 is 23.4 Å². The first kappa shape index (κ1) is 38.0. The quantitative estimate of drug-likeness (QED) is 0.153. The minimum Gasteiger partial charge on any atom is -0.480 e. The topological polar surface area (TPSA) is 132 Å².